The van der Waals surface area contributed by atoms with E-state index in [2.05, 4.69) is 24.1 Å². The first-order chi connectivity index (χ1) is 9.25. The van der Waals surface area contributed by atoms with Crippen LogP contribution >= 0.6 is 0 Å². The summed E-state index contributed by atoms with van der Waals surface area (Å²) in [6, 6.07) is 10.7. The molecule has 2 rings (SSSR count). The minimum absolute atomic E-state index is 0.610. The third-order valence-electron chi connectivity index (χ3n) is 3.74. The van der Waals surface area contributed by atoms with Crippen molar-refractivity contribution in [3.63, 3.8) is 0 Å². The predicted octanol–water partition coefficient (Wildman–Crippen LogP) is 2.39. The minimum atomic E-state index is 0.610. The quantitative estimate of drug-likeness (QED) is 0.882. The Morgan fingerprint density at radius 3 is 2.84 bits per heavy atom. The summed E-state index contributed by atoms with van der Waals surface area (Å²) in [4.78, 5) is 2.52. The van der Waals surface area contributed by atoms with E-state index in [0.29, 0.717) is 12.0 Å². The van der Waals surface area contributed by atoms with Crippen molar-refractivity contribution in [3.8, 4) is 5.75 Å². The summed E-state index contributed by atoms with van der Waals surface area (Å²) in [6.07, 6.45) is 1.23. The van der Waals surface area contributed by atoms with Crippen LogP contribution in [0.4, 0.5) is 0 Å². The molecule has 0 aliphatic carbocycles. The number of hydrogen-bond donors (Lipinski definition) is 1. The van der Waals surface area contributed by atoms with Gasteiger partial charge in [-0.3, -0.25) is 4.90 Å². The van der Waals surface area contributed by atoms with Crippen LogP contribution in [0.3, 0.4) is 0 Å². The summed E-state index contributed by atoms with van der Waals surface area (Å²) in [5, 5.41) is 3.64. The van der Waals surface area contributed by atoms with Crippen molar-refractivity contribution in [2.75, 3.05) is 32.8 Å². The predicted molar refractivity (Wildman–Crippen MR) is 79.6 cm³/mol. The molecule has 0 bridgehead atoms. The van der Waals surface area contributed by atoms with Crippen LogP contribution in [0.5, 0.6) is 5.75 Å². The molecule has 19 heavy (non-hydrogen) atoms. The molecule has 1 heterocycles. The number of benzene rings is 1. The second-order valence-electron chi connectivity index (χ2n) is 5.62. The molecule has 3 nitrogen and oxygen atoms in total. The molecule has 1 saturated heterocycles. The van der Waals surface area contributed by atoms with Gasteiger partial charge in [0.05, 0.1) is 0 Å². The molecular weight excluding hydrogens is 236 g/mol. The molecule has 1 fully saturated rings. The summed E-state index contributed by atoms with van der Waals surface area (Å²) >= 11 is 0. The van der Waals surface area contributed by atoms with E-state index in [1.54, 1.807) is 0 Å². The number of ether oxygens (including phenoxy) is 1. The van der Waals surface area contributed by atoms with E-state index in [9.17, 15) is 0 Å². The average Bonchev–Trinajstić information content (AvgIpc) is 2.66. The average molecular weight is 262 g/mol. The fraction of sp³-hybridized carbons (Fsp3) is 0.625. The molecule has 1 unspecified atom stereocenters. The maximum atomic E-state index is 5.78. The third-order valence-corrected chi connectivity index (χ3v) is 3.74. The van der Waals surface area contributed by atoms with Crippen LogP contribution in [-0.2, 0) is 0 Å². The van der Waals surface area contributed by atoms with Gasteiger partial charge in [0, 0.05) is 19.1 Å². The van der Waals surface area contributed by atoms with E-state index >= 15 is 0 Å². The molecule has 1 aromatic carbocycles. The van der Waals surface area contributed by atoms with Crippen molar-refractivity contribution < 1.29 is 4.74 Å². The van der Waals surface area contributed by atoms with E-state index in [-0.39, 0.29) is 0 Å². The van der Waals surface area contributed by atoms with Crippen molar-refractivity contribution in [2.45, 2.75) is 26.3 Å². The molecule has 0 spiro atoms. The molecule has 0 saturated carbocycles. The van der Waals surface area contributed by atoms with Gasteiger partial charge in [0.2, 0.25) is 0 Å². The lowest BCUT2D eigenvalue weighted by atomic mass is 10.0. The van der Waals surface area contributed by atoms with Crippen molar-refractivity contribution in [1.29, 1.82) is 0 Å². The van der Waals surface area contributed by atoms with Crippen LogP contribution in [0.1, 0.15) is 20.3 Å². The van der Waals surface area contributed by atoms with Gasteiger partial charge < -0.3 is 10.1 Å². The second-order valence-corrected chi connectivity index (χ2v) is 5.62. The summed E-state index contributed by atoms with van der Waals surface area (Å²) < 4.78 is 5.78. The van der Waals surface area contributed by atoms with Gasteiger partial charge in [-0.2, -0.15) is 0 Å². The van der Waals surface area contributed by atoms with E-state index in [1.807, 2.05) is 30.3 Å². The van der Waals surface area contributed by atoms with Crippen molar-refractivity contribution >= 4 is 0 Å². The first kappa shape index (κ1) is 14.4. The number of para-hydroxylation sites is 1. The van der Waals surface area contributed by atoms with Gasteiger partial charge in [0.25, 0.3) is 0 Å². The highest BCUT2D eigenvalue weighted by molar-refractivity contribution is 5.20. The molecule has 0 aromatic heterocycles. The topological polar surface area (TPSA) is 24.5 Å². The molecular formula is C16H26N2O. The SMILES string of the molecule is CC(C)C1CN(CCOc2ccccc2)CCCN1. The van der Waals surface area contributed by atoms with Crippen molar-refractivity contribution in [2.24, 2.45) is 5.92 Å². The van der Waals surface area contributed by atoms with Gasteiger partial charge in [-0.25, -0.2) is 0 Å². The molecule has 106 valence electrons. The molecule has 1 aliphatic rings. The molecule has 1 atom stereocenters. The smallest absolute Gasteiger partial charge is 0.119 e. The summed E-state index contributed by atoms with van der Waals surface area (Å²) in [5.74, 6) is 1.66. The van der Waals surface area contributed by atoms with Crippen LogP contribution in [0.2, 0.25) is 0 Å². The lowest BCUT2D eigenvalue weighted by Crippen LogP contribution is -2.42. The lowest BCUT2D eigenvalue weighted by molar-refractivity contribution is 0.196. The molecule has 0 amide bonds. The van der Waals surface area contributed by atoms with Crippen molar-refractivity contribution in [1.82, 2.24) is 10.2 Å². The Morgan fingerprint density at radius 1 is 1.32 bits per heavy atom. The van der Waals surface area contributed by atoms with Crippen molar-refractivity contribution in [3.05, 3.63) is 30.3 Å². The Labute approximate surface area is 116 Å². The highest BCUT2D eigenvalue weighted by Crippen LogP contribution is 2.10. The highest BCUT2D eigenvalue weighted by atomic mass is 16.5. The van der Waals surface area contributed by atoms with Gasteiger partial charge >= 0.3 is 0 Å². The van der Waals surface area contributed by atoms with E-state index in [0.717, 1.165) is 32.0 Å². The van der Waals surface area contributed by atoms with Crippen LogP contribution in [0.15, 0.2) is 30.3 Å². The fourth-order valence-electron chi connectivity index (χ4n) is 2.48. The number of hydrogen-bond acceptors (Lipinski definition) is 3. The van der Waals surface area contributed by atoms with E-state index in [1.165, 1.54) is 13.0 Å². The highest BCUT2D eigenvalue weighted by Gasteiger charge is 2.19. The van der Waals surface area contributed by atoms with E-state index < -0.39 is 0 Å². The van der Waals surface area contributed by atoms with Crippen LogP contribution in [0, 0.1) is 5.92 Å². The largest absolute Gasteiger partial charge is 0.492 e. The number of rotatable bonds is 5. The number of nitrogens with zero attached hydrogens (tertiary/aromatic N) is 1. The normalized spacial score (nSPS) is 21.3. The Kier molecular flexibility index (Phi) is 5.67. The maximum absolute atomic E-state index is 5.78. The summed E-state index contributed by atoms with van der Waals surface area (Å²) in [6.45, 7) is 9.82. The third kappa shape index (κ3) is 4.84. The van der Waals surface area contributed by atoms with Gasteiger partial charge in [-0.05, 0) is 37.6 Å². The zero-order chi connectivity index (χ0) is 13.5. The zero-order valence-corrected chi connectivity index (χ0v) is 12.1. The maximum Gasteiger partial charge on any atom is 0.119 e. The fourth-order valence-corrected chi connectivity index (χ4v) is 2.48. The lowest BCUT2D eigenvalue weighted by Gasteiger charge is -2.26. The second kappa shape index (κ2) is 7.51. The Hall–Kier alpha value is -1.06. The van der Waals surface area contributed by atoms with Gasteiger partial charge in [0.1, 0.15) is 12.4 Å². The zero-order valence-electron chi connectivity index (χ0n) is 12.1. The monoisotopic (exact) mass is 262 g/mol. The van der Waals surface area contributed by atoms with Crippen LogP contribution in [-0.4, -0.2) is 43.7 Å². The number of nitrogens with one attached hydrogen (secondary N) is 1. The Balaban J connectivity index is 1.75. The first-order valence-electron chi connectivity index (χ1n) is 7.39. The molecule has 1 aromatic rings. The van der Waals surface area contributed by atoms with Gasteiger partial charge in [-0.15, -0.1) is 0 Å². The van der Waals surface area contributed by atoms with Gasteiger partial charge in [-0.1, -0.05) is 32.0 Å². The summed E-state index contributed by atoms with van der Waals surface area (Å²) in [7, 11) is 0. The molecule has 1 aliphatic heterocycles. The Bertz CT molecular complexity index is 353. The van der Waals surface area contributed by atoms with Gasteiger partial charge in [0.15, 0.2) is 0 Å². The van der Waals surface area contributed by atoms with Crippen LogP contribution in [0.25, 0.3) is 0 Å². The van der Waals surface area contributed by atoms with Crippen LogP contribution < -0.4 is 10.1 Å². The Morgan fingerprint density at radius 2 is 2.11 bits per heavy atom. The standard InChI is InChI=1S/C16H26N2O/c1-14(2)16-13-18(10-6-9-17-16)11-12-19-15-7-4-3-5-8-15/h3-5,7-8,14,16-17H,6,9-13H2,1-2H3. The summed E-state index contributed by atoms with van der Waals surface area (Å²) in [5.41, 5.74) is 0. The minimum Gasteiger partial charge on any atom is -0.492 e. The van der Waals surface area contributed by atoms with E-state index in [4.69, 9.17) is 4.74 Å². The first-order valence-corrected chi connectivity index (χ1v) is 7.39. The molecule has 1 N–H and O–H groups in total. The molecule has 0 radical (unpaired) electrons. The molecule has 3 heteroatoms.